The van der Waals surface area contributed by atoms with Gasteiger partial charge in [0, 0.05) is 45.4 Å². The summed E-state index contributed by atoms with van der Waals surface area (Å²) in [6.07, 6.45) is 9.47. The highest BCUT2D eigenvalue weighted by atomic mass is 127. The molecule has 3 fully saturated rings. The van der Waals surface area contributed by atoms with Gasteiger partial charge in [-0.05, 0) is 45.4 Å². The minimum absolute atomic E-state index is 0. The summed E-state index contributed by atoms with van der Waals surface area (Å²) < 4.78 is 5.56. The zero-order valence-corrected chi connectivity index (χ0v) is 19.5. The zero-order chi connectivity index (χ0) is 18.4. The number of nitrogens with zero attached hydrogens (tertiary/aromatic N) is 3. The van der Waals surface area contributed by atoms with E-state index in [1.165, 1.54) is 25.7 Å². The summed E-state index contributed by atoms with van der Waals surface area (Å²) in [6.45, 7) is 8.00. The van der Waals surface area contributed by atoms with Crippen molar-refractivity contribution in [2.45, 2.75) is 76.0 Å². The second-order valence-corrected chi connectivity index (χ2v) is 8.24. The molecule has 6 nitrogen and oxygen atoms in total. The topological polar surface area (TPSA) is 60.3 Å². The monoisotopic (exact) mass is 494 g/mol. The van der Waals surface area contributed by atoms with E-state index < -0.39 is 0 Å². The molecule has 0 unspecified atom stereocenters. The Bertz CT molecular complexity index is 455. The lowest BCUT2D eigenvalue weighted by molar-refractivity contribution is -0.000170. The highest BCUT2D eigenvalue weighted by Gasteiger charge is 2.41. The van der Waals surface area contributed by atoms with Crippen molar-refractivity contribution < 1.29 is 9.84 Å². The largest absolute Gasteiger partial charge is 0.393 e. The minimum Gasteiger partial charge on any atom is -0.393 e. The Kier molecular flexibility index (Phi) is 9.58. The Labute approximate surface area is 182 Å². The summed E-state index contributed by atoms with van der Waals surface area (Å²) in [6, 6.07) is 0. The molecule has 0 bridgehead atoms. The molecule has 2 aliphatic heterocycles. The summed E-state index contributed by atoms with van der Waals surface area (Å²) in [7, 11) is 1.84. The van der Waals surface area contributed by atoms with E-state index in [-0.39, 0.29) is 35.6 Å². The fourth-order valence-corrected chi connectivity index (χ4v) is 4.90. The molecule has 3 aliphatic rings. The number of rotatable bonds is 5. The number of ether oxygens (including phenoxy) is 1. The Morgan fingerprint density at radius 2 is 1.74 bits per heavy atom. The van der Waals surface area contributed by atoms with Crippen molar-refractivity contribution in [1.82, 2.24) is 15.1 Å². The molecular weight excluding hydrogens is 455 g/mol. The molecule has 0 amide bonds. The van der Waals surface area contributed by atoms with Gasteiger partial charge in [-0.2, -0.15) is 0 Å². The van der Waals surface area contributed by atoms with Crippen molar-refractivity contribution in [2.75, 3.05) is 46.4 Å². The number of aliphatic imine (C=N–C) groups is 1. The molecule has 2 saturated heterocycles. The SMILES string of the molecule is CCNC(=NCC1(N2CCC(OC)CC2)CCCC1)N1CCC(O)CC1.I. The average molecular weight is 494 g/mol. The Morgan fingerprint density at radius 1 is 1.11 bits per heavy atom. The molecule has 0 aromatic carbocycles. The lowest BCUT2D eigenvalue weighted by Gasteiger charge is -2.44. The molecule has 0 aromatic heterocycles. The van der Waals surface area contributed by atoms with Crippen molar-refractivity contribution >= 4 is 29.9 Å². The van der Waals surface area contributed by atoms with Crippen LogP contribution in [0.15, 0.2) is 4.99 Å². The minimum atomic E-state index is -0.141. The number of aliphatic hydroxyl groups excluding tert-OH is 1. The Morgan fingerprint density at radius 3 is 2.30 bits per heavy atom. The number of guanidine groups is 1. The first-order valence-corrected chi connectivity index (χ1v) is 10.7. The van der Waals surface area contributed by atoms with Crippen molar-refractivity contribution in [3.8, 4) is 0 Å². The summed E-state index contributed by atoms with van der Waals surface area (Å²) in [5.74, 6) is 1.04. The highest BCUT2D eigenvalue weighted by molar-refractivity contribution is 14.0. The first-order valence-electron chi connectivity index (χ1n) is 10.7. The van der Waals surface area contributed by atoms with Gasteiger partial charge in [-0.1, -0.05) is 12.8 Å². The third-order valence-electron chi connectivity index (χ3n) is 6.60. The van der Waals surface area contributed by atoms with E-state index in [0.29, 0.717) is 6.10 Å². The van der Waals surface area contributed by atoms with Gasteiger partial charge in [0.1, 0.15) is 0 Å². The van der Waals surface area contributed by atoms with Gasteiger partial charge < -0.3 is 20.1 Å². The molecule has 158 valence electrons. The van der Waals surface area contributed by atoms with Gasteiger partial charge in [-0.3, -0.25) is 9.89 Å². The standard InChI is InChI=1S/C20H38N4O2.HI/c1-3-21-19(23-12-6-17(25)7-13-23)22-16-20(10-4-5-11-20)24-14-8-18(26-2)9-15-24;/h17-18,25H,3-16H2,1-2H3,(H,21,22);1H. The Hall–Kier alpha value is -0.120. The summed E-state index contributed by atoms with van der Waals surface area (Å²) in [5, 5.41) is 13.3. The fourth-order valence-electron chi connectivity index (χ4n) is 4.90. The number of piperidine rings is 2. The third kappa shape index (κ3) is 5.93. The van der Waals surface area contributed by atoms with Crippen molar-refractivity contribution in [2.24, 2.45) is 4.99 Å². The van der Waals surface area contributed by atoms with Gasteiger partial charge in [0.15, 0.2) is 5.96 Å². The van der Waals surface area contributed by atoms with E-state index in [1.54, 1.807) is 0 Å². The van der Waals surface area contributed by atoms with Crippen LogP contribution >= 0.6 is 24.0 Å². The van der Waals surface area contributed by atoms with E-state index >= 15 is 0 Å². The summed E-state index contributed by atoms with van der Waals surface area (Å²) in [4.78, 5) is 10.1. The number of likely N-dealkylation sites (tertiary alicyclic amines) is 2. The number of hydrogen-bond donors (Lipinski definition) is 2. The summed E-state index contributed by atoms with van der Waals surface area (Å²) in [5.41, 5.74) is 0.245. The number of aliphatic hydroxyl groups is 1. The van der Waals surface area contributed by atoms with Crippen LogP contribution in [0.5, 0.6) is 0 Å². The molecule has 0 radical (unpaired) electrons. The quantitative estimate of drug-likeness (QED) is 0.350. The van der Waals surface area contributed by atoms with Crippen LogP contribution in [-0.2, 0) is 4.74 Å². The van der Waals surface area contributed by atoms with Gasteiger partial charge >= 0.3 is 0 Å². The second-order valence-electron chi connectivity index (χ2n) is 8.24. The van der Waals surface area contributed by atoms with Gasteiger partial charge in [0.05, 0.1) is 18.8 Å². The second kappa shape index (κ2) is 11.2. The van der Waals surface area contributed by atoms with Crippen LogP contribution in [0.25, 0.3) is 0 Å². The van der Waals surface area contributed by atoms with Crippen molar-refractivity contribution in [3.05, 3.63) is 0 Å². The molecular formula is C20H39IN4O2. The highest BCUT2D eigenvalue weighted by Crippen LogP contribution is 2.37. The lowest BCUT2D eigenvalue weighted by Crippen LogP contribution is -2.54. The fraction of sp³-hybridized carbons (Fsp3) is 0.950. The predicted octanol–water partition coefficient (Wildman–Crippen LogP) is 2.45. The van der Waals surface area contributed by atoms with Crippen molar-refractivity contribution in [3.63, 3.8) is 0 Å². The van der Waals surface area contributed by atoms with E-state index in [0.717, 1.165) is 70.9 Å². The first-order chi connectivity index (χ1) is 12.7. The molecule has 0 atom stereocenters. The lowest BCUT2D eigenvalue weighted by atomic mass is 9.91. The van der Waals surface area contributed by atoms with Gasteiger partial charge in [-0.15, -0.1) is 24.0 Å². The maximum atomic E-state index is 9.79. The average Bonchev–Trinajstić information content (AvgIpc) is 3.16. The molecule has 2 heterocycles. The van der Waals surface area contributed by atoms with Gasteiger partial charge in [0.2, 0.25) is 0 Å². The van der Waals surface area contributed by atoms with Gasteiger partial charge in [0.25, 0.3) is 0 Å². The maximum Gasteiger partial charge on any atom is 0.193 e. The number of hydrogen-bond acceptors (Lipinski definition) is 4. The van der Waals surface area contributed by atoms with Crippen molar-refractivity contribution in [1.29, 1.82) is 0 Å². The maximum absolute atomic E-state index is 9.79. The van der Waals surface area contributed by atoms with E-state index in [2.05, 4.69) is 22.0 Å². The molecule has 2 N–H and O–H groups in total. The molecule has 7 heteroatoms. The zero-order valence-electron chi connectivity index (χ0n) is 17.2. The normalized spacial score (nSPS) is 25.4. The van der Waals surface area contributed by atoms with Crippen LogP contribution in [-0.4, -0.2) is 85.0 Å². The molecule has 0 aromatic rings. The van der Waals surface area contributed by atoms with Crippen LogP contribution in [0.2, 0.25) is 0 Å². The molecule has 1 saturated carbocycles. The van der Waals surface area contributed by atoms with Gasteiger partial charge in [-0.25, -0.2) is 0 Å². The molecule has 1 aliphatic carbocycles. The van der Waals surface area contributed by atoms with E-state index in [9.17, 15) is 5.11 Å². The van der Waals surface area contributed by atoms with E-state index in [1.807, 2.05) is 7.11 Å². The smallest absolute Gasteiger partial charge is 0.193 e. The Balaban J connectivity index is 0.00000261. The first kappa shape index (κ1) is 23.2. The molecule has 3 rings (SSSR count). The number of nitrogens with one attached hydrogen (secondary N) is 1. The van der Waals surface area contributed by atoms with Crippen LogP contribution in [0.4, 0.5) is 0 Å². The molecule has 27 heavy (non-hydrogen) atoms. The molecule has 0 spiro atoms. The van der Waals surface area contributed by atoms with E-state index in [4.69, 9.17) is 9.73 Å². The van der Waals surface area contributed by atoms with Crippen LogP contribution in [0, 0.1) is 0 Å². The van der Waals surface area contributed by atoms with Crippen LogP contribution < -0.4 is 5.32 Å². The third-order valence-corrected chi connectivity index (χ3v) is 6.60. The van der Waals surface area contributed by atoms with Crippen LogP contribution in [0.3, 0.4) is 0 Å². The number of methoxy groups -OCH3 is 1. The summed E-state index contributed by atoms with van der Waals surface area (Å²) >= 11 is 0. The predicted molar refractivity (Wildman–Crippen MR) is 121 cm³/mol. The van der Waals surface area contributed by atoms with Crippen LogP contribution in [0.1, 0.15) is 58.3 Å². The number of halogens is 1.